The quantitative estimate of drug-likeness (QED) is 0.664. The van der Waals surface area contributed by atoms with Gasteiger partial charge in [0.1, 0.15) is 11.6 Å². The fourth-order valence-electron chi connectivity index (χ4n) is 1.75. The molecule has 0 aromatic heterocycles. The van der Waals surface area contributed by atoms with E-state index in [0.717, 1.165) is 6.07 Å². The summed E-state index contributed by atoms with van der Waals surface area (Å²) in [6.45, 7) is 1.49. The minimum absolute atomic E-state index is 0.117. The first-order valence-corrected chi connectivity index (χ1v) is 6.91. The Morgan fingerprint density at radius 2 is 2.09 bits per heavy atom. The van der Waals surface area contributed by atoms with Crippen LogP contribution in [0.4, 0.5) is 15.8 Å². The highest BCUT2D eigenvalue weighted by atomic mass is 35.5. The average molecular weight is 339 g/mol. The lowest BCUT2D eigenvalue weighted by atomic mass is 10.2. The van der Waals surface area contributed by atoms with Crippen LogP contribution in [0.3, 0.4) is 0 Å². The lowest BCUT2D eigenvalue weighted by Crippen LogP contribution is -2.30. The number of carbonyl (C=O) groups excluding carboxylic acids is 1. The molecule has 120 valence electrons. The normalized spacial score (nSPS) is 11.6. The SMILES string of the molecule is CC(Oc1ccc(F)c(Cl)c1)C(=O)Nc1cccc([N+](=O)[O-])c1. The van der Waals surface area contributed by atoms with E-state index < -0.39 is 22.8 Å². The molecule has 6 nitrogen and oxygen atoms in total. The van der Waals surface area contributed by atoms with E-state index >= 15 is 0 Å². The maximum atomic E-state index is 13.1. The van der Waals surface area contributed by atoms with Crippen molar-refractivity contribution in [2.24, 2.45) is 0 Å². The van der Waals surface area contributed by atoms with Gasteiger partial charge in [-0.1, -0.05) is 17.7 Å². The molecule has 0 spiro atoms. The van der Waals surface area contributed by atoms with E-state index in [2.05, 4.69) is 5.32 Å². The highest BCUT2D eigenvalue weighted by Crippen LogP contribution is 2.22. The van der Waals surface area contributed by atoms with E-state index in [1.165, 1.54) is 43.3 Å². The van der Waals surface area contributed by atoms with Crippen LogP contribution < -0.4 is 10.1 Å². The van der Waals surface area contributed by atoms with Gasteiger partial charge in [-0.25, -0.2) is 4.39 Å². The Balaban J connectivity index is 2.03. The van der Waals surface area contributed by atoms with Crippen molar-refractivity contribution in [2.75, 3.05) is 5.32 Å². The number of nitro benzene ring substituents is 1. The second-order valence-electron chi connectivity index (χ2n) is 4.63. The van der Waals surface area contributed by atoms with Crippen LogP contribution in [0, 0.1) is 15.9 Å². The van der Waals surface area contributed by atoms with Crippen LogP contribution in [0.1, 0.15) is 6.92 Å². The average Bonchev–Trinajstić information content (AvgIpc) is 2.51. The second kappa shape index (κ2) is 7.06. The molecule has 2 aromatic carbocycles. The molecular weight excluding hydrogens is 327 g/mol. The number of hydrogen-bond donors (Lipinski definition) is 1. The monoisotopic (exact) mass is 338 g/mol. The molecule has 0 bridgehead atoms. The van der Waals surface area contributed by atoms with E-state index in [0.29, 0.717) is 0 Å². The van der Waals surface area contributed by atoms with Crippen LogP contribution in [0.25, 0.3) is 0 Å². The molecule has 0 radical (unpaired) electrons. The van der Waals surface area contributed by atoms with E-state index in [1.807, 2.05) is 0 Å². The summed E-state index contributed by atoms with van der Waals surface area (Å²) < 4.78 is 18.4. The van der Waals surface area contributed by atoms with Crippen LogP contribution in [0.15, 0.2) is 42.5 Å². The fourth-order valence-corrected chi connectivity index (χ4v) is 1.92. The molecule has 0 heterocycles. The number of anilines is 1. The highest BCUT2D eigenvalue weighted by molar-refractivity contribution is 6.30. The Hall–Kier alpha value is -2.67. The number of non-ortho nitro benzene ring substituents is 1. The summed E-state index contributed by atoms with van der Waals surface area (Å²) in [4.78, 5) is 22.2. The molecule has 0 saturated carbocycles. The maximum Gasteiger partial charge on any atom is 0.271 e. The molecule has 0 aliphatic carbocycles. The first-order chi connectivity index (χ1) is 10.9. The third kappa shape index (κ3) is 4.40. The predicted molar refractivity (Wildman–Crippen MR) is 83.2 cm³/mol. The summed E-state index contributed by atoms with van der Waals surface area (Å²) in [7, 11) is 0. The third-order valence-electron chi connectivity index (χ3n) is 2.90. The number of ether oxygens (including phenoxy) is 1. The first kappa shape index (κ1) is 16.7. The molecule has 0 aliphatic rings. The molecule has 2 rings (SSSR count). The lowest BCUT2D eigenvalue weighted by Gasteiger charge is -2.15. The molecule has 0 fully saturated rings. The summed E-state index contributed by atoms with van der Waals surface area (Å²) in [5.41, 5.74) is 0.137. The van der Waals surface area contributed by atoms with Crippen molar-refractivity contribution in [3.05, 3.63) is 63.4 Å². The minimum Gasteiger partial charge on any atom is -0.481 e. The Kier molecular flexibility index (Phi) is 5.13. The highest BCUT2D eigenvalue weighted by Gasteiger charge is 2.16. The number of nitrogens with one attached hydrogen (secondary N) is 1. The minimum atomic E-state index is -0.907. The first-order valence-electron chi connectivity index (χ1n) is 6.54. The van der Waals surface area contributed by atoms with Crippen molar-refractivity contribution in [1.82, 2.24) is 0 Å². The molecule has 1 N–H and O–H groups in total. The maximum absolute atomic E-state index is 13.1. The number of halogens is 2. The van der Waals surface area contributed by atoms with Gasteiger partial charge >= 0.3 is 0 Å². The van der Waals surface area contributed by atoms with Crippen molar-refractivity contribution >= 4 is 28.9 Å². The summed E-state index contributed by atoms with van der Waals surface area (Å²) in [5.74, 6) is -0.864. The molecule has 8 heteroatoms. The van der Waals surface area contributed by atoms with Crippen LogP contribution >= 0.6 is 11.6 Å². The number of rotatable bonds is 5. The summed E-state index contributed by atoms with van der Waals surface area (Å²) >= 11 is 5.63. The number of benzene rings is 2. The van der Waals surface area contributed by atoms with Gasteiger partial charge in [0, 0.05) is 23.9 Å². The number of hydrogen-bond acceptors (Lipinski definition) is 4. The number of amides is 1. The molecular formula is C15H12ClFN2O4. The van der Waals surface area contributed by atoms with Crippen molar-refractivity contribution in [2.45, 2.75) is 13.0 Å². The second-order valence-corrected chi connectivity index (χ2v) is 5.04. The van der Waals surface area contributed by atoms with Crippen LogP contribution in [-0.2, 0) is 4.79 Å². The molecule has 0 aliphatic heterocycles. The van der Waals surface area contributed by atoms with E-state index in [4.69, 9.17) is 16.3 Å². The van der Waals surface area contributed by atoms with Crippen molar-refractivity contribution in [3.63, 3.8) is 0 Å². The van der Waals surface area contributed by atoms with Gasteiger partial charge in [-0.05, 0) is 25.1 Å². The molecule has 2 aromatic rings. The number of nitrogens with zero attached hydrogens (tertiary/aromatic N) is 1. The third-order valence-corrected chi connectivity index (χ3v) is 3.19. The van der Waals surface area contributed by atoms with E-state index in [-0.39, 0.29) is 22.1 Å². The van der Waals surface area contributed by atoms with Gasteiger partial charge < -0.3 is 10.1 Å². The molecule has 23 heavy (non-hydrogen) atoms. The molecule has 1 amide bonds. The van der Waals surface area contributed by atoms with Crippen molar-refractivity contribution in [1.29, 1.82) is 0 Å². The van der Waals surface area contributed by atoms with Gasteiger partial charge in [0.15, 0.2) is 6.10 Å². The largest absolute Gasteiger partial charge is 0.481 e. The predicted octanol–water partition coefficient (Wildman–Crippen LogP) is 3.79. The van der Waals surface area contributed by atoms with Gasteiger partial charge in [0.2, 0.25) is 0 Å². The van der Waals surface area contributed by atoms with Gasteiger partial charge in [-0.15, -0.1) is 0 Å². The van der Waals surface area contributed by atoms with Crippen molar-refractivity contribution in [3.8, 4) is 5.75 Å². The Bertz CT molecular complexity index is 754. The van der Waals surface area contributed by atoms with Gasteiger partial charge in [-0.2, -0.15) is 0 Å². The zero-order chi connectivity index (χ0) is 17.0. The van der Waals surface area contributed by atoms with E-state index in [1.54, 1.807) is 0 Å². The van der Waals surface area contributed by atoms with E-state index in [9.17, 15) is 19.3 Å². The zero-order valence-corrected chi connectivity index (χ0v) is 12.7. The summed E-state index contributed by atoms with van der Waals surface area (Å²) in [6, 6.07) is 9.26. The number of nitro groups is 1. The van der Waals surface area contributed by atoms with Gasteiger partial charge in [0.25, 0.3) is 11.6 Å². The van der Waals surface area contributed by atoms with Crippen molar-refractivity contribution < 1.29 is 18.8 Å². The summed E-state index contributed by atoms with van der Waals surface area (Å²) in [6.07, 6.45) is -0.907. The van der Waals surface area contributed by atoms with Gasteiger partial charge in [0.05, 0.1) is 9.95 Å². The molecule has 1 unspecified atom stereocenters. The fraction of sp³-hybridized carbons (Fsp3) is 0.133. The standard InChI is InChI=1S/C15H12ClFN2O4/c1-9(23-12-5-6-14(17)13(16)8-12)15(20)18-10-3-2-4-11(7-10)19(21)22/h2-9H,1H3,(H,18,20). The van der Waals surface area contributed by atoms with Crippen LogP contribution in [0.2, 0.25) is 5.02 Å². The Morgan fingerprint density at radius 1 is 1.35 bits per heavy atom. The van der Waals surface area contributed by atoms with Crippen LogP contribution in [0.5, 0.6) is 5.75 Å². The molecule has 1 atom stereocenters. The smallest absolute Gasteiger partial charge is 0.271 e. The lowest BCUT2D eigenvalue weighted by molar-refractivity contribution is -0.384. The van der Waals surface area contributed by atoms with Crippen LogP contribution in [-0.4, -0.2) is 16.9 Å². The summed E-state index contributed by atoms with van der Waals surface area (Å²) in [5, 5.41) is 13.1. The topological polar surface area (TPSA) is 81.5 Å². The number of carbonyl (C=O) groups is 1. The Morgan fingerprint density at radius 3 is 2.74 bits per heavy atom. The Labute approximate surface area is 136 Å². The van der Waals surface area contributed by atoms with Gasteiger partial charge in [-0.3, -0.25) is 14.9 Å². The molecule has 0 saturated heterocycles. The zero-order valence-electron chi connectivity index (χ0n) is 12.0.